The second-order valence-electron chi connectivity index (χ2n) is 9.59. The second kappa shape index (κ2) is 14.5. The summed E-state index contributed by atoms with van der Waals surface area (Å²) in [7, 11) is 1.69. The van der Waals surface area contributed by atoms with Gasteiger partial charge in [-0.1, -0.05) is 46.8 Å². The van der Waals surface area contributed by atoms with Crippen molar-refractivity contribution >= 4 is 5.97 Å². The Kier molecular flexibility index (Phi) is 12.9. The smallest absolute Gasteiger partial charge is 0.306 e. The number of methoxy groups -OCH3 is 1. The van der Waals surface area contributed by atoms with E-state index in [-0.39, 0.29) is 18.3 Å². The van der Waals surface area contributed by atoms with Crippen LogP contribution in [0.25, 0.3) is 0 Å². The van der Waals surface area contributed by atoms with Crippen LogP contribution in [0.1, 0.15) is 65.0 Å². The molecule has 4 unspecified atom stereocenters. The third kappa shape index (κ3) is 9.47. The zero-order valence-electron chi connectivity index (χ0n) is 20.8. The van der Waals surface area contributed by atoms with E-state index in [1.165, 1.54) is 11.1 Å². The first-order chi connectivity index (χ1) is 15.1. The molecule has 184 valence electrons. The summed E-state index contributed by atoms with van der Waals surface area (Å²) in [4.78, 5) is 11.5. The van der Waals surface area contributed by atoms with Crippen LogP contribution in [0.3, 0.4) is 0 Å². The van der Waals surface area contributed by atoms with E-state index in [2.05, 4.69) is 39.0 Å². The lowest BCUT2D eigenvalue weighted by Crippen LogP contribution is -2.40. The van der Waals surface area contributed by atoms with Gasteiger partial charge in [0.2, 0.25) is 0 Å². The standard InChI is InChI=1S/C26H45NO5/c1-7-20-10-9-19(14-25(20)32-12-8-11-31-6)13-21(17(2)3)15-23(27)24(28)16-22(18(4)5)26(29)30/h9-10,14,17-18,21-24,28H,7-8,11-13,15-16,27H2,1-6H3,(H,29,30). The van der Waals surface area contributed by atoms with Gasteiger partial charge in [0.25, 0.3) is 0 Å². The first-order valence-electron chi connectivity index (χ1n) is 12.0. The van der Waals surface area contributed by atoms with Crippen LogP contribution in [0.5, 0.6) is 5.75 Å². The fourth-order valence-corrected chi connectivity index (χ4v) is 4.03. The van der Waals surface area contributed by atoms with E-state index in [4.69, 9.17) is 15.2 Å². The SMILES string of the molecule is CCc1ccc(CC(CC(N)C(O)CC(C(=O)O)C(C)C)C(C)C)cc1OCCCOC. The van der Waals surface area contributed by atoms with Crippen LogP contribution in [-0.2, 0) is 22.4 Å². The van der Waals surface area contributed by atoms with Crippen molar-refractivity contribution < 1.29 is 24.5 Å². The van der Waals surface area contributed by atoms with E-state index in [1.807, 2.05) is 13.8 Å². The van der Waals surface area contributed by atoms with Crippen LogP contribution < -0.4 is 10.5 Å². The number of hydrogen-bond donors (Lipinski definition) is 3. The number of aliphatic carboxylic acids is 1. The number of ether oxygens (including phenoxy) is 2. The van der Waals surface area contributed by atoms with Crippen LogP contribution in [0.15, 0.2) is 18.2 Å². The predicted molar refractivity (Wildman–Crippen MR) is 129 cm³/mol. The molecule has 1 rings (SSSR count). The van der Waals surface area contributed by atoms with Crippen molar-refractivity contribution in [2.45, 2.75) is 78.9 Å². The molecule has 4 atom stereocenters. The topological polar surface area (TPSA) is 102 Å². The average molecular weight is 452 g/mol. The number of aliphatic hydroxyl groups excluding tert-OH is 1. The van der Waals surface area contributed by atoms with Crippen molar-refractivity contribution in [3.63, 3.8) is 0 Å². The second-order valence-corrected chi connectivity index (χ2v) is 9.59. The molecular weight excluding hydrogens is 406 g/mol. The summed E-state index contributed by atoms with van der Waals surface area (Å²) >= 11 is 0. The van der Waals surface area contributed by atoms with E-state index in [0.717, 1.165) is 25.0 Å². The molecule has 0 saturated carbocycles. The lowest BCUT2D eigenvalue weighted by molar-refractivity contribution is -0.144. The normalized spacial score (nSPS) is 15.6. The van der Waals surface area contributed by atoms with Gasteiger partial charge in [-0.2, -0.15) is 0 Å². The minimum Gasteiger partial charge on any atom is -0.493 e. The Balaban J connectivity index is 2.84. The molecule has 0 saturated heterocycles. The van der Waals surface area contributed by atoms with Crippen LogP contribution in [0.4, 0.5) is 0 Å². The average Bonchev–Trinajstić information content (AvgIpc) is 2.73. The van der Waals surface area contributed by atoms with E-state index in [0.29, 0.717) is 25.6 Å². The van der Waals surface area contributed by atoms with Gasteiger partial charge in [0.05, 0.1) is 18.6 Å². The number of carboxylic acid groups (broad SMARTS) is 1. The number of carbonyl (C=O) groups is 1. The number of hydrogen-bond acceptors (Lipinski definition) is 5. The molecule has 0 aliphatic heterocycles. The van der Waals surface area contributed by atoms with Gasteiger partial charge in [-0.25, -0.2) is 0 Å². The molecular formula is C26H45NO5. The number of benzene rings is 1. The van der Waals surface area contributed by atoms with Crippen LogP contribution in [0.2, 0.25) is 0 Å². The monoisotopic (exact) mass is 451 g/mol. The molecule has 0 radical (unpaired) electrons. The molecule has 0 aliphatic carbocycles. The Morgan fingerprint density at radius 3 is 2.31 bits per heavy atom. The molecule has 1 aromatic rings. The van der Waals surface area contributed by atoms with Gasteiger partial charge in [0, 0.05) is 26.2 Å². The van der Waals surface area contributed by atoms with E-state index in [1.54, 1.807) is 7.11 Å². The molecule has 1 aromatic carbocycles. The number of carboxylic acids is 1. The maximum atomic E-state index is 11.5. The summed E-state index contributed by atoms with van der Waals surface area (Å²) in [6.07, 6.45) is 2.58. The largest absolute Gasteiger partial charge is 0.493 e. The van der Waals surface area contributed by atoms with Gasteiger partial charge in [0.1, 0.15) is 5.75 Å². The molecule has 0 spiro atoms. The van der Waals surface area contributed by atoms with Crippen molar-refractivity contribution in [3.05, 3.63) is 29.3 Å². The fraction of sp³-hybridized carbons (Fsp3) is 0.731. The Morgan fingerprint density at radius 2 is 1.78 bits per heavy atom. The van der Waals surface area contributed by atoms with E-state index < -0.39 is 24.0 Å². The first-order valence-corrected chi connectivity index (χ1v) is 12.0. The third-order valence-corrected chi connectivity index (χ3v) is 6.39. The predicted octanol–water partition coefficient (Wildman–Crippen LogP) is 4.30. The minimum atomic E-state index is -0.874. The van der Waals surface area contributed by atoms with Crippen LogP contribution in [0, 0.1) is 23.7 Å². The summed E-state index contributed by atoms with van der Waals surface area (Å²) < 4.78 is 11.1. The van der Waals surface area contributed by atoms with Crippen LogP contribution >= 0.6 is 0 Å². The van der Waals surface area contributed by atoms with Crippen molar-refractivity contribution in [1.29, 1.82) is 0 Å². The Morgan fingerprint density at radius 1 is 1.09 bits per heavy atom. The molecule has 4 N–H and O–H groups in total. The Hall–Kier alpha value is -1.63. The number of rotatable bonds is 16. The summed E-state index contributed by atoms with van der Waals surface area (Å²) in [5.41, 5.74) is 8.73. The summed E-state index contributed by atoms with van der Waals surface area (Å²) in [5.74, 6) is 0.0683. The van der Waals surface area contributed by atoms with E-state index in [9.17, 15) is 15.0 Å². The molecule has 0 aromatic heterocycles. The van der Waals surface area contributed by atoms with Crippen LogP contribution in [-0.4, -0.2) is 48.7 Å². The third-order valence-electron chi connectivity index (χ3n) is 6.39. The lowest BCUT2D eigenvalue weighted by atomic mass is 9.81. The molecule has 32 heavy (non-hydrogen) atoms. The molecule has 6 heteroatoms. The number of aryl methyl sites for hydroxylation is 1. The van der Waals surface area contributed by atoms with Gasteiger partial charge in [-0.3, -0.25) is 4.79 Å². The van der Waals surface area contributed by atoms with Gasteiger partial charge >= 0.3 is 5.97 Å². The maximum absolute atomic E-state index is 11.5. The summed E-state index contributed by atoms with van der Waals surface area (Å²) in [6.45, 7) is 11.5. The zero-order valence-corrected chi connectivity index (χ0v) is 20.8. The van der Waals surface area contributed by atoms with Crippen molar-refractivity contribution in [2.75, 3.05) is 20.3 Å². The van der Waals surface area contributed by atoms with Gasteiger partial charge < -0.3 is 25.4 Å². The molecule has 0 bridgehead atoms. The number of aliphatic hydroxyl groups is 1. The van der Waals surface area contributed by atoms with Crippen molar-refractivity contribution in [1.82, 2.24) is 0 Å². The highest BCUT2D eigenvalue weighted by Gasteiger charge is 2.29. The fourth-order valence-electron chi connectivity index (χ4n) is 4.03. The molecule has 0 aliphatic rings. The first kappa shape index (κ1) is 28.4. The van der Waals surface area contributed by atoms with E-state index >= 15 is 0 Å². The summed E-state index contributed by atoms with van der Waals surface area (Å²) in [5, 5.41) is 20.0. The highest BCUT2D eigenvalue weighted by Crippen LogP contribution is 2.28. The Labute approximate surface area is 194 Å². The van der Waals surface area contributed by atoms with Gasteiger partial charge in [-0.05, 0) is 60.6 Å². The maximum Gasteiger partial charge on any atom is 0.306 e. The molecule has 0 heterocycles. The van der Waals surface area contributed by atoms with Gasteiger partial charge in [0.15, 0.2) is 0 Å². The zero-order chi connectivity index (χ0) is 24.3. The number of nitrogens with two attached hydrogens (primary N) is 1. The Bertz CT molecular complexity index is 676. The molecule has 6 nitrogen and oxygen atoms in total. The molecule has 0 amide bonds. The minimum absolute atomic E-state index is 0.0466. The summed E-state index contributed by atoms with van der Waals surface area (Å²) in [6, 6.07) is 5.95. The quantitative estimate of drug-likeness (QED) is 0.324. The highest BCUT2D eigenvalue weighted by atomic mass is 16.5. The van der Waals surface area contributed by atoms with Crippen molar-refractivity contribution in [2.24, 2.45) is 29.4 Å². The lowest BCUT2D eigenvalue weighted by Gasteiger charge is -2.29. The van der Waals surface area contributed by atoms with Crippen molar-refractivity contribution in [3.8, 4) is 5.75 Å². The highest BCUT2D eigenvalue weighted by molar-refractivity contribution is 5.70. The molecule has 0 fully saturated rings. The van der Waals surface area contributed by atoms with Gasteiger partial charge in [-0.15, -0.1) is 0 Å².